The van der Waals surface area contributed by atoms with Gasteiger partial charge in [0.05, 0.1) is 0 Å². The lowest BCUT2D eigenvalue weighted by molar-refractivity contribution is 0.599. The van der Waals surface area contributed by atoms with Crippen LogP contribution in [-0.4, -0.2) is 21.1 Å². The molecule has 0 radical (unpaired) electrons. The van der Waals surface area contributed by atoms with Gasteiger partial charge in [-0.15, -0.1) is 0 Å². The molecule has 0 aliphatic carbocycles. The Labute approximate surface area is 95.5 Å². The van der Waals surface area contributed by atoms with Gasteiger partial charge in [-0.3, -0.25) is 0 Å². The highest BCUT2D eigenvalue weighted by Gasteiger charge is 2.03. The number of nitrogens with zero attached hydrogens (tertiary/aromatic N) is 2. The lowest BCUT2D eigenvalue weighted by atomic mass is 10.2. The van der Waals surface area contributed by atoms with Crippen LogP contribution in [0.25, 0.3) is 0 Å². The first-order valence-corrected chi connectivity index (χ1v) is 5.47. The van der Waals surface area contributed by atoms with Crippen molar-refractivity contribution in [1.29, 1.82) is 0 Å². The largest absolute Gasteiger partial charge is 0.360 e. The first kappa shape index (κ1) is 11.8. The van der Waals surface area contributed by atoms with E-state index in [1.807, 2.05) is 0 Å². The van der Waals surface area contributed by atoms with Crippen LogP contribution in [-0.2, 0) is 0 Å². The van der Waals surface area contributed by atoms with Crippen LogP contribution in [0.2, 0.25) is 0 Å². The smallest absolute Gasteiger partial charge is 0.228 e. The van der Waals surface area contributed by atoms with E-state index in [-0.39, 0.29) is 0 Å². The Morgan fingerprint density at radius 3 is 2.73 bits per heavy atom. The third-order valence-corrected chi connectivity index (χ3v) is 2.11. The summed E-state index contributed by atoms with van der Waals surface area (Å²) in [6.07, 6.45) is 5.58. The maximum absolute atomic E-state index is 5.12. The molecular weight excluding hydrogens is 208 g/mol. The quantitative estimate of drug-likeness (QED) is 0.766. The summed E-state index contributed by atoms with van der Waals surface area (Å²) < 4.78 is 0. The fourth-order valence-corrected chi connectivity index (χ4v) is 1.52. The van der Waals surface area contributed by atoms with Crippen LogP contribution >= 0.6 is 12.2 Å². The van der Waals surface area contributed by atoms with E-state index in [0.717, 1.165) is 12.8 Å². The van der Waals surface area contributed by atoms with Gasteiger partial charge in [-0.2, -0.15) is 0 Å². The molecule has 1 atom stereocenters. The molecule has 4 nitrogen and oxygen atoms in total. The van der Waals surface area contributed by atoms with E-state index in [0.29, 0.717) is 17.1 Å². The van der Waals surface area contributed by atoms with Gasteiger partial charge >= 0.3 is 0 Å². The van der Waals surface area contributed by atoms with Crippen LogP contribution in [0.5, 0.6) is 0 Å². The molecule has 5 heteroatoms. The third-order valence-electron chi connectivity index (χ3n) is 1.89. The maximum Gasteiger partial charge on any atom is 0.228 e. The second kappa shape index (κ2) is 6.29. The number of thiocarbonyl (C=S) groups is 1. The van der Waals surface area contributed by atoms with E-state index in [9.17, 15) is 0 Å². The Morgan fingerprint density at radius 2 is 2.13 bits per heavy atom. The molecule has 0 amide bonds. The van der Waals surface area contributed by atoms with Crippen molar-refractivity contribution in [2.45, 2.75) is 32.7 Å². The Kier molecular flexibility index (Phi) is 4.97. The zero-order chi connectivity index (χ0) is 11.1. The van der Waals surface area contributed by atoms with Gasteiger partial charge in [-0.05, 0) is 31.6 Å². The minimum atomic E-state index is 0.374. The molecule has 1 aromatic rings. The van der Waals surface area contributed by atoms with Gasteiger partial charge in [-0.25, -0.2) is 9.97 Å². The van der Waals surface area contributed by atoms with Crippen molar-refractivity contribution >= 4 is 23.3 Å². The minimum absolute atomic E-state index is 0.374. The fourth-order valence-electron chi connectivity index (χ4n) is 1.23. The molecule has 1 heterocycles. The lowest BCUT2D eigenvalue weighted by Gasteiger charge is -2.15. The molecule has 0 unspecified atom stereocenters. The van der Waals surface area contributed by atoms with Crippen molar-refractivity contribution in [2.24, 2.45) is 0 Å². The topological polar surface area (TPSA) is 49.8 Å². The van der Waals surface area contributed by atoms with E-state index in [2.05, 4.69) is 34.4 Å². The highest BCUT2D eigenvalue weighted by atomic mass is 32.1. The predicted molar refractivity (Wildman–Crippen MR) is 65.8 cm³/mol. The zero-order valence-corrected chi connectivity index (χ0v) is 9.84. The van der Waals surface area contributed by atoms with Gasteiger partial charge < -0.3 is 10.6 Å². The Balaban J connectivity index is 2.36. The first-order chi connectivity index (χ1) is 7.22. The molecule has 0 saturated carbocycles. The number of rotatable bonds is 4. The molecule has 0 spiro atoms. The van der Waals surface area contributed by atoms with Crippen molar-refractivity contribution in [3.05, 3.63) is 18.5 Å². The second-order valence-corrected chi connectivity index (χ2v) is 3.77. The summed E-state index contributed by atoms with van der Waals surface area (Å²) in [6.45, 7) is 4.25. The molecule has 2 N–H and O–H groups in total. The molecule has 0 aromatic carbocycles. The summed E-state index contributed by atoms with van der Waals surface area (Å²) in [5.74, 6) is 0.527. The molecule has 0 bridgehead atoms. The normalized spacial score (nSPS) is 11.9. The number of hydrogen-bond donors (Lipinski definition) is 2. The molecule has 0 saturated heterocycles. The van der Waals surface area contributed by atoms with Crippen molar-refractivity contribution < 1.29 is 0 Å². The first-order valence-electron chi connectivity index (χ1n) is 5.07. The summed E-state index contributed by atoms with van der Waals surface area (Å²) in [6, 6.07) is 2.14. The van der Waals surface area contributed by atoms with Gasteiger partial charge in [0.25, 0.3) is 0 Å². The second-order valence-electron chi connectivity index (χ2n) is 3.36. The van der Waals surface area contributed by atoms with Crippen molar-refractivity contribution in [1.82, 2.24) is 15.3 Å². The Morgan fingerprint density at radius 1 is 1.47 bits per heavy atom. The summed E-state index contributed by atoms with van der Waals surface area (Å²) in [7, 11) is 0. The van der Waals surface area contributed by atoms with Gasteiger partial charge in [0.1, 0.15) is 0 Å². The van der Waals surface area contributed by atoms with Gasteiger partial charge in [0, 0.05) is 18.4 Å². The van der Waals surface area contributed by atoms with Gasteiger partial charge in [-0.1, -0.05) is 13.3 Å². The number of nitrogens with one attached hydrogen (secondary N) is 2. The molecular formula is C10H16N4S. The van der Waals surface area contributed by atoms with Crippen LogP contribution in [0.4, 0.5) is 5.95 Å². The summed E-state index contributed by atoms with van der Waals surface area (Å²) in [5, 5.41) is 6.67. The number of hydrogen-bond acceptors (Lipinski definition) is 3. The van der Waals surface area contributed by atoms with Crippen LogP contribution in [0.3, 0.4) is 0 Å². The van der Waals surface area contributed by atoms with Gasteiger partial charge in [0.15, 0.2) is 5.11 Å². The SMILES string of the molecule is CCC[C@H](C)NC(=S)Nc1ncccn1. The zero-order valence-electron chi connectivity index (χ0n) is 9.03. The monoisotopic (exact) mass is 224 g/mol. The van der Waals surface area contributed by atoms with Crippen LogP contribution in [0.15, 0.2) is 18.5 Å². The van der Waals surface area contributed by atoms with Crippen molar-refractivity contribution in [2.75, 3.05) is 5.32 Å². The fraction of sp³-hybridized carbons (Fsp3) is 0.500. The highest BCUT2D eigenvalue weighted by molar-refractivity contribution is 7.80. The molecule has 1 aromatic heterocycles. The average molecular weight is 224 g/mol. The van der Waals surface area contributed by atoms with E-state index >= 15 is 0 Å². The van der Waals surface area contributed by atoms with Gasteiger partial charge in [0.2, 0.25) is 5.95 Å². The molecule has 1 rings (SSSR count). The Hall–Kier alpha value is -1.23. The highest BCUT2D eigenvalue weighted by Crippen LogP contribution is 1.97. The van der Waals surface area contributed by atoms with E-state index in [1.165, 1.54) is 0 Å². The standard InChI is InChI=1S/C10H16N4S/c1-3-5-8(2)13-10(15)14-9-11-6-4-7-12-9/h4,6-8H,3,5H2,1-2H3,(H2,11,12,13,14,15)/t8-/m0/s1. The van der Waals surface area contributed by atoms with Crippen LogP contribution < -0.4 is 10.6 Å². The lowest BCUT2D eigenvalue weighted by Crippen LogP contribution is -2.36. The van der Waals surface area contributed by atoms with Crippen LogP contribution in [0, 0.1) is 0 Å². The van der Waals surface area contributed by atoms with Crippen LogP contribution in [0.1, 0.15) is 26.7 Å². The van der Waals surface area contributed by atoms with Crippen molar-refractivity contribution in [3.63, 3.8) is 0 Å². The average Bonchev–Trinajstić information content (AvgIpc) is 2.19. The predicted octanol–water partition coefficient (Wildman–Crippen LogP) is 1.95. The van der Waals surface area contributed by atoms with E-state index in [1.54, 1.807) is 18.5 Å². The minimum Gasteiger partial charge on any atom is -0.360 e. The molecule has 0 aliphatic heterocycles. The number of anilines is 1. The maximum atomic E-state index is 5.12. The summed E-state index contributed by atoms with van der Waals surface area (Å²) in [4.78, 5) is 8.04. The summed E-state index contributed by atoms with van der Waals surface area (Å²) >= 11 is 5.12. The molecule has 0 fully saturated rings. The molecule has 15 heavy (non-hydrogen) atoms. The van der Waals surface area contributed by atoms with Crippen molar-refractivity contribution in [3.8, 4) is 0 Å². The third kappa shape index (κ3) is 4.69. The van der Waals surface area contributed by atoms with E-state index in [4.69, 9.17) is 12.2 Å². The molecule has 82 valence electrons. The van der Waals surface area contributed by atoms with E-state index < -0.39 is 0 Å². The summed E-state index contributed by atoms with van der Waals surface area (Å²) in [5.41, 5.74) is 0. The Bertz CT molecular complexity index is 302. The molecule has 0 aliphatic rings. The number of aromatic nitrogens is 2.